The van der Waals surface area contributed by atoms with Crippen LogP contribution in [0.15, 0.2) is 48.9 Å². The zero-order chi connectivity index (χ0) is 29.5. The minimum Gasteiger partial charge on any atom is -0.392 e. The van der Waals surface area contributed by atoms with Crippen LogP contribution in [-0.2, 0) is 24.2 Å². The van der Waals surface area contributed by atoms with Crippen LogP contribution < -0.4 is 16.0 Å². The van der Waals surface area contributed by atoms with Crippen LogP contribution in [0, 0.1) is 11.6 Å². The molecule has 4 N–H and O–H groups in total. The van der Waals surface area contributed by atoms with E-state index in [9.17, 15) is 18.7 Å². The fourth-order valence-electron chi connectivity index (χ4n) is 6.13. The lowest BCUT2D eigenvalue weighted by Crippen LogP contribution is -2.48. The Bertz CT molecular complexity index is 1350. The van der Waals surface area contributed by atoms with E-state index in [1.54, 1.807) is 6.33 Å². The van der Waals surface area contributed by atoms with E-state index in [-0.39, 0.29) is 18.1 Å². The fraction of sp³-hybridized carbons (Fsp3) is 0.500. The topological polar surface area (TPSA) is 94.5 Å². The van der Waals surface area contributed by atoms with Crippen molar-refractivity contribution >= 4 is 11.7 Å². The zero-order valence-electron chi connectivity index (χ0n) is 24.3. The number of rotatable bonds is 12. The molecule has 5 rings (SSSR count). The van der Waals surface area contributed by atoms with Gasteiger partial charge in [0.05, 0.1) is 24.0 Å². The van der Waals surface area contributed by atoms with Gasteiger partial charge in [-0.25, -0.2) is 13.8 Å². The van der Waals surface area contributed by atoms with Gasteiger partial charge in [-0.3, -0.25) is 9.69 Å². The number of para-hydroxylation sites is 1. The molecule has 0 saturated carbocycles. The molecule has 1 unspecified atom stereocenters. The average molecular weight is 581 g/mol. The van der Waals surface area contributed by atoms with Gasteiger partial charge in [-0.2, -0.15) is 0 Å². The molecule has 2 aromatic carbocycles. The summed E-state index contributed by atoms with van der Waals surface area (Å²) in [5, 5.41) is 19.8. The number of halogens is 2. The van der Waals surface area contributed by atoms with Gasteiger partial charge >= 0.3 is 0 Å². The predicted molar refractivity (Wildman–Crippen MR) is 160 cm³/mol. The second kappa shape index (κ2) is 14.3. The van der Waals surface area contributed by atoms with E-state index in [2.05, 4.69) is 31.9 Å². The normalized spacial score (nSPS) is 19.8. The number of benzene rings is 2. The molecule has 2 heterocycles. The number of aliphatic hydroxyl groups excluding tert-OH is 1. The Hall–Kier alpha value is -3.18. The number of aromatic nitrogens is 2. The highest BCUT2D eigenvalue weighted by Crippen LogP contribution is 2.26. The van der Waals surface area contributed by atoms with Crippen LogP contribution in [0.3, 0.4) is 0 Å². The number of piperidine rings is 1. The third-order valence-electron chi connectivity index (χ3n) is 8.30. The molecule has 1 aliphatic carbocycles. The summed E-state index contributed by atoms with van der Waals surface area (Å²) >= 11 is 0. The molecule has 226 valence electrons. The van der Waals surface area contributed by atoms with Gasteiger partial charge in [0.1, 0.15) is 18.0 Å². The van der Waals surface area contributed by atoms with Gasteiger partial charge in [-0.05, 0) is 73.9 Å². The number of anilines is 1. The molecule has 8 nitrogen and oxygen atoms in total. The van der Waals surface area contributed by atoms with Crippen LogP contribution in [0.4, 0.5) is 14.6 Å². The van der Waals surface area contributed by atoms with Crippen molar-refractivity contribution < 1.29 is 18.7 Å². The Balaban J connectivity index is 1.17. The van der Waals surface area contributed by atoms with Crippen LogP contribution in [-0.4, -0.2) is 69.8 Å². The quantitative estimate of drug-likeness (QED) is 0.243. The third kappa shape index (κ3) is 7.80. The zero-order valence-corrected chi connectivity index (χ0v) is 24.3. The number of hydrogen-bond acceptors (Lipinski definition) is 6. The molecule has 1 aliphatic heterocycles. The van der Waals surface area contributed by atoms with Crippen LogP contribution >= 0.6 is 0 Å². The first-order chi connectivity index (χ1) is 20.4. The van der Waals surface area contributed by atoms with Gasteiger partial charge in [0, 0.05) is 38.3 Å². The van der Waals surface area contributed by atoms with Crippen molar-refractivity contribution in [2.75, 3.05) is 31.5 Å². The smallest absolute Gasteiger partial charge is 0.242 e. The van der Waals surface area contributed by atoms with Crippen molar-refractivity contribution in [3.05, 3.63) is 77.2 Å². The number of carbonyl (C=O) groups excluding carboxylic acids is 1. The number of amides is 1. The van der Waals surface area contributed by atoms with E-state index in [0.29, 0.717) is 49.2 Å². The Kier molecular flexibility index (Phi) is 10.3. The van der Waals surface area contributed by atoms with E-state index in [1.165, 1.54) is 6.07 Å². The van der Waals surface area contributed by atoms with E-state index in [4.69, 9.17) is 0 Å². The van der Waals surface area contributed by atoms with Crippen LogP contribution in [0.1, 0.15) is 55.7 Å². The lowest BCUT2D eigenvalue weighted by Gasteiger charge is -2.29. The van der Waals surface area contributed by atoms with Crippen molar-refractivity contribution in [2.24, 2.45) is 0 Å². The van der Waals surface area contributed by atoms with Gasteiger partial charge in [0.25, 0.3) is 0 Å². The maximum absolute atomic E-state index is 14.4. The summed E-state index contributed by atoms with van der Waals surface area (Å²) in [6, 6.07) is 9.91. The second-order valence-electron chi connectivity index (χ2n) is 11.5. The number of carbonyl (C=O) groups is 1. The highest BCUT2D eigenvalue weighted by Gasteiger charge is 2.27. The lowest BCUT2D eigenvalue weighted by atomic mass is 9.87. The Morgan fingerprint density at radius 2 is 2.07 bits per heavy atom. The fourth-order valence-corrected chi connectivity index (χ4v) is 6.13. The summed E-state index contributed by atoms with van der Waals surface area (Å²) in [4.78, 5) is 20.0. The molecule has 0 bridgehead atoms. The van der Waals surface area contributed by atoms with Gasteiger partial charge in [0.15, 0.2) is 5.82 Å². The monoisotopic (exact) mass is 580 g/mol. The second-order valence-corrected chi connectivity index (χ2v) is 11.5. The molecule has 1 fully saturated rings. The SMILES string of the molecule is CCC[C@H](N[C@H]1CCc2cc(F)cc(F)c2C1)C(=O)Nc1cn(-c2ccccc2CNCCN2CCCC(O)C2)cn1. The molecule has 3 aromatic rings. The van der Waals surface area contributed by atoms with Crippen molar-refractivity contribution in [3.8, 4) is 5.69 Å². The molecular formula is C32H42F2N6O2. The maximum Gasteiger partial charge on any atom is 0.242 e. The summed E-state index contributed by atoms with van der Waals surface area (Å²) < 4.78 is 30.0. The lowest BCUT2D eigenvalue weighted by molar-refractivity contribution is -0.118. The summed E-state index contributed by atoms with van der Waals surface area (Å²) in [5.74, 6) is -0.778. The van der Waals surface area contributed by atoms with Gasteiger partial charge < -0.3 is 25.6 Å². The van der Waals surface area contributed by atoms with E-state index >= 15 is 0 Å². The number of imidazole rings is 1. The number of aryl methyl sites for hydroxylation is 1. The highest BCUT2D eigenvalue weighted by atomic mass is 19.1. The van der Waals surface area contributed by atoms with Crippen molar-refractivity contribution in [2.45, 2.75) is 76.6 Å². The number of hydrogen-bond donors (Lipinski definition) is 4. The van der Waals surface area contributed by atoms with E-state index in [1.807, 2.05) is 35.9 Å². The van der Waals surface area contributed by atoms with Crippen molar-refractivity contribution in [3.63, 3.8) is 0 Å². The summed E-state index contributed by atoms with van der Waals surface area (Å²) in [6.07, 6.45) is 8.37. The summed E-state index contributed by atoms with van der Waals surface area (Å²) in [6.45, 7) is 6.21. The third-order valence-corrected chi connectivity index (χ3v) is 8.30. The number of aliphatic hydroxyl groups is 1. The number of β-amino-alcohol motifs (C(OH)–C–C–N with tert-alkyl or cyclic N) is 1. The molecule has 1 saturated heterocycles. The highest BCUT2D eigenvalue weighted by molar-refractivity contribution is 5.94. The first-order valence-electron chi connectivity index (χ1n) is 15.2. The number of fused-ring (bicyclic) bond motifs is 1. The van der Waals surface area contributed by atoms with Gasteiger partial charge in [0.2, 0.25) is 5.91 Å². The number of likely N-dealkylation sites (tertiary alicyclic amines) is 1. The van der Waals surface area contributed by atoms with Gasteiger partial charge in [-0.15, -0.1) is 0 Å². The first-order valence-corrected chi connectivity index (χ1v) is 15.2. The molecule has 0 radical (unpaired) electrons. The molecule has 10 heteroatoms. The Morgan fingerprint density at radius 1 is 1.21 bits per heavy atom. The van der Waals surface area contributed by atoms with Crippen LogP contribution in [0.5, 0.6) is 0 Å². The Morgan fingerprint density at radius 3 is 2.90 bits per heavy atom. The molecule has 0 spiro atoms. The maximum atomic E-state index is 14.4. The minimum absolute atomic E-state index is 0.0725. The average Bonchev–Trinajstić information content (AvgIpc) is 3.44. The molecule has 42 heavy (non-hydrogen) atoms. The predicted octanol–water partition coefficient (Wildman–Crippen LogP) is 3.95. The van der Waals surface area contributed by atoms with Crippen molar-refractivity contribution in [1.82, 2.24) is 25.1 Å². The Labute approximate surface area is 246 Å². The van der Waals surface area contributed by atoms with E-state index < -0.39 is 17.7 Å². The number of nitrogens with one attached hydrogen (secondary N) is 3. The standard InChI is InChI=1S/C32H42F2N6O2/c1-2-6-29(37-25-11-10-22-15-24(33)16-28(34)27(22)17-25)32(42)38-31-20-40(21-36-31)30-9-4-3-7-23(30)18-35-12-14-39-13-5-8-26(41)19-39/h3-4,7,9,15-16,20-21,25-26,29,35,37,41H,2,5-6,8,10-14,17-19H2,1H3,(H,38,42)/t25-,26?,29-/m0/s1. The summed E-state index contributed by atoms with van der Waals surface area (Å²) in [7, 11) is 0. The van der Waals surface area contributed by atoms with Crippen LogP contribution in [0.25, 0.3) is 5.69 Å². The first kappa shape index (κ1) is 30.3. The largest absolute Gasteiger partial charge is 0.392 e. The molecule has 1 amide bonds. The molecule has 1 aromatic heterocycles. The van der Waals surface area contributed by atoms with Crippen LogP contribution in [0.2, 0.25) is 0 Å². The summed E-state index contributed by atoms with van der Waals surface area (Å²) in [5.41, 5.74) is 3.34. The molecular weight excluding hydrogens is 538 g/mol. The van der Waals surface area contributed by atoms with Crippen molar-refractivity contribution in [1.29, 1.82) is 0 Å². The van der Waals surface area contributed by atoms with E-state index in [0.717, 1.165) is 62.8 Å². The number of nitrogens with zero attached hydrogens (tertiary/aromatic N) is 3. The minimum atomic E-state index is -0.548. The molecule has 3 atom stereocenters. The molecule has 2 aliphatic rings. The van der Waals surface area contributed by atoms with Gasteiger partial charge in [-0.1, -0.05) is 31.5 Å².